The molecule has 5 heterocycles. The van der Waals surface area contributed by atoms with E-state index in [4.69, 9.17) is 28.9 Å². The van der Waals surface area contributed by atoms with Crippen molar-refractivity contribution in [3.63, 3.8) is 0 Å². The zero-order valence-corrected chi connectivity index (χ0v) is 27.0. The summed E-state index contributed by atoms with van der Waals surface area (Å²) in [4.78, 5) is 40.3. The van der Waals surface area contributed by atoms with Gasteiger partial charge in [0.2, 0.25) is 5.95 Å². The molecule has 4 N–H and O–H groups in total. The molecule has 2 saturated heterocycles. The Hall–Kier alpha value is -2.77. The van der Waals surface area contributed by atoms with Gasteiger partial charge in [-0.1, -0.05) is 30.3 Å². The van der Waals surface area contributed by atoms with Gasteiger partial charge in [-0.05, 0) is 43.2 Å². The maximum atomic E-state index is 12.3. The first-order valence-electron chi connectivity index (χ1n) is 14.9. The number of hydrogen-bond donors (Lipinski definition) is 3. The third-order valence-corrected chi connectivity index (χ3v) is 11.7. The van der Waals surface area contributed by atoms with Gasteiger partial charge in [-0.25, -0.2) is 19.9 Å². The molecule has 3 fully saturated rings. The minimum absolute atomic E-state index is 0.0581. The SMILES string of the molecule is C[C@@H]1C(=O)CC2(CCN(c3cnc(Sc4ccnc(Nc5ccnc(N6CCC(CO)(CCl)CC6)n5)c4Cl)cn3)CC2)[C@H]1N. The number of aliphatic hydroxyl groups is 1. The van der Waals surface area contributed by atoms with Gasteiger partial charge in [0.15, 0.2) is 5.82 Å². The monoisotopic (exact) mass is 657 g/mol. The van der Waals surface area contributed by atoms with Crippen LogP contribution in [0.4, 0.5) is 23.4 Å². The largest absolute Gasteiger partial charge is 0.396 e. The lowest BCUT2D eigenvalue weighted by molar-refractivity contribution is -0.120. The molecule has 0 amide bonds. The van der Waals surface area contributed by atoms with Crippen molar-refractivity contribution >= 4 is 64.1 Å². The lowest BCUT2D eigenvalue weighted by Gasteiger charge is -2.42. The lowest BCUT2D eigenvalue weighted by atomic mass is 9.73. The smallest absolute Gasteiger partial charge is 0.227 e. The molecule has 11 nitrogen and oxygen atoms in total. The Morgan fingerprint density at radius 2 is 1.77 bits per heavy atom. The third kappa shape index (κ3) is 6.19. The number of anilines is 4. The molecule has 234 valence electrons. The molecular weight excluding hydrogens is 621 g/mol. The van der Waals surface area contributed by atoms with Crippen LogP contribution in [0.3, 0.4) is 0 Å². The van der Waals surface area contributed by atoms with Gasteiger partial charge in [0.1, 0.15) is 22.4 Å². The highest BCUT2D eigenvalue weighted by Crippen LogP contribution is 2.47. The summed E-state index contributed by atoms with van der Waals surface area (Å²) in [6, 6.07) is 3.55. The molecule has 1 saturated carbocycles. The Balaban J connectivity index is 1.08. The topological polar surface area (TPSA) is 146 Å². The highest BCUT2D eigenvalue weighted by atomic mass is 35.5. The molecule has 3 aliphatic rings. The lowest BCUT2D eigenvalue weighted by Crippen LogP contribution is -2.48. The standard InChI is InChI=1S/C30H37Cl2N9O2S/c1-19-20(43)14-30(26(19)33)6-12-40(13-7-30)23-15-37-24(16-36-23)44-21-2-8-34-27(25(21)32)38-22-3-9-35-28(39-22)41-10-4-29(17-31,18-42)5-11-41/h2-3,8-9,15-16,19,26,42H,4-7,10-14,17-18,33H2,1H3,(H,34,35,38,39)/t19-,26+/m1/s1. The summed E-state index contributed by atoms with van der Waals surface area (Å²) in [6.07, 6.45) is 10.8. The predicted octanol–water partition coefficient (Wildman–Crippen LogP) is 4.55. The molecule has 0 radical (unpaired) electrons. The summed E-state index contributed by atoms with van der Waals surface area (Å²) in [6.45, 7) is 5.08. The summed E-state index contributed by atoms with van der Waals surface area (Å²) in [5.41, 5.74) is 6.14. The first-order chi connectivity index (χ1) is 21.2. The Morgan fingerprint density at radius 3 is 2.41 bits per heavy atom. The number of nitrogens with zero attached hydrogens (tertiary/aromatic N) is 7. The molecule has 0 aromatic carbocycles. The van der Waals surface area contributed by atoms with E-state index < -0.39 is 0 Å². The van der Waals surface area contributed by atoms with Crippen LogP contribution < -0.4 is 20.9 Å². The van der Waals surface area contributed by atoms with Gasteiger partial charge in [-0.15, -0.1) is 11.6 Å². The van der Waals surface area contributed by atoms with E-state index >= 15 is 0 Å². The molecule has 44 heavy (non-hydrogen) atoms. The van der Waals surface area contributed by atoms with Crippen molar-refractivity contribution in [3.05, 3.63) is 41.9 Å². The number of nitrogens with two attached hydrogens (primary N) is 1. The van der Waals surface area contributed by atoms with Crippen molar-refractivity contribution in [1.82, 2.24) is 24.9 Å². The first kappa shape index (κ1) is 31.2. The number of hydrogen-bond acceptors (Lipinski definition) is 12. The second kappa shape index (κ2) is 12.9. The molecule has 2 aliphatic heterocycles. The van der Waals surface area contributed by atoms with Gasteiger partial charge in [0, 0.05) is 79.8 Å². The van der Waals surface area contributed by atoms with Crippen LogP contribution in [0, 0.1) is 16.7 Å². The van der Waals surface area contributed by atoms with Gasteiger partial charge in [0.25, 0.3) is 0 Å². The predicted molar refractivity (Wildman–Crippen MR) is 173 cm³/mol. The third-order valence-electron chi connectivity index (χ3n) is 9.66. The number of piperidine rings is 2. The van der Waals surface area contributed by atoms with Crippen molar-refractivity contribution in [2.75, 3.05) is 53.8 Å². The van der Waals surface area contributed by atoms with Gasteiger partial charge >= 0.3 is 0 Å². The number of ketones is 1. The van der Waals surface area contributed by atoms with Gasteiger partial charge in [-0.3, -0.25) is 4.79 Å². The first-order valence-corrected chi connectivity index (χ1v) is 16.7. The molecule has 0 unspecified atom stereocenters. The van der Waals surface area contributed by atoms with Crippen LogP contribution in [-0.4, -0.2) is 80.5 Å². The van der Waals surface area contributed by atoms with Crippen molar-refractivity contribution < 1.29 is 9.90 Å². The van der Waals surface area contributed by atoms with Crippen molar-refractivity contribution in [3.8, 4) is 0 Å². The summed E-state index contributed by atoms with van der Waals surface area (Å²) < 4.78 is 0. The molecule has 3 aromatic heterocycles. The number of alkyl halides is 1. The maximum Gasteiger partial charge on any atom is 0.227 e. The molecule has 0 bridgehead atoms. The van der Waals surface area contributed by atoms with Crippen LogP contribution in [0.15, 0.2) is 46.8 Å². The highest BCUT2D eigenvalue weighted by Gasteiger charge is 2.50. The van der Waals surface area contributed by atoms with E-state index in [0.717, 1.165) is 49.5 Å². The average molecular weight is 659 g/mol. The van der Waals surface area contributed by atoms with Gasteiger partial charge in [-0.2, -0.15) is 4.98 Å². The Morgan fingerprint density at radius 1 is 1.05 bits per heavy atom. The van der Waals surface area contributed by atoms with Crippen molar-refractivity contribution in [1.29, 1.82) is 0 Å². The fourth-order valence-electron chi connectivity index (χ4n) is 6.48. The van der Waals surface area contributed by atoms with Crippen LogP contribution in [0.25, 0.3) is 0 Å². The Labute approximate surface area is 271 Å². The summed E-state index contributed by atoms with van der Waals surface area (Å²) in [5.74, 6) is 3.14. The number of aromatic nitrogens is 5. The number of carbonyl (C=O) groups excluding carboxylic acids is 1. The molecule has 2 atom stereocenters. The fraction of sp³-hybridized carbons (Fsp3) is 0.533. The van der Waals surface area contributed by atoms with E-state index in [-0.39, 0.29) is 35.2 Å². The molecule has 14 heteroatoms. The van der Waals surface area contributed by atoms with Gasteiger partial charge < -0.3 is 26.0 Å². The number of carbonyl (C=O) groups is 1. The number of halogens is 2. The number of pyridine rings is 1. The quantitative estimate of drug-likeness (QED) is 0.292. The molecule has 3 aromatic rings. The summed E-state index contributed by atoms with van der Waals surface area (Å²) in [5, 5.41) is 14.2. The average Bonchev–Trinajstić information content (AvgIpc) is 3.26. The maximum absolute atomic E-state index is 12.3. The minimum atomic E-state index is -0.240. The van der Waals surface area contributed by atoms with E-state index in [9.17, 15) is 9.90 Å². The molecule has 1 spiro atoms. The molecule has 1 aliphatic carbocycles. The van der Waals surface area contributed by atoms with E-state index in [1.165, 1.54) is 11.8 Å². The number of rotatable bonds is 8. The van der Waals surface area contributed by atoms with Gasteiger partial charge in [0.05, 0.1) is 17.4 Å². The van der Waals surface area contributed by atoms with Crippen LogP contribution in [-0.2, 0) is 4.79 Å². The minimum Gasteiger partial charge on any atom is -0.396 e. The normalized spacial score (nSPS) is 22.9. The second-order valence-corrected chi connectivity index (χ2v) is 13.9. The summed E-state index contributed by atoms with van der Waals surface area (Å²) in [7, 11) is 0. The Bertz CT molecular complexity index is 1480. The van der Waals surface area contributed by atoms with E-state index in [1.54, 1.807) is 30.9 Å². The van der Waals surface area contributed by atoms with Crippen LogP contribution in [0.5, 0.6) is 0 Å². The Kier molecular flexibility index (Phi) is 9.17. The van der Waals surface area contributed by atoms with Crippen molar-refractivity contribution in [2.24, 2.45) is 22.5 Å². The van der Waals surface area contributed by atoms with E-state index in [0.29, 0.717) is 53.0 Å². The van der Waals surface area contributed by atoms with E-state index in [2.05, 4.69) is 40.0 Å². The number of nitrogens with one attached hydrogen (secondary N) is 1. The number of aliphatic hydroxyl groups excluding tert-OH is 1. The fourth-order valence-corrected chi connectivity index (χ4v) is 7.86. The highest BCUT2D eigenvalue weighted by molar-refractivity contribution is 7.99. The van der Waals surface area contributed by atoms with Crippen molar-refractivity contribution in [2.45, 2.75) is 55.0 Å². The van der Waals surface area contributed by atoms with Crippen LogP contribution in [0.2, 0.25) is 5.02 Å². The number of Topliss-reactive ketones (excluding diaryl/α,β-unsaturated/α-hetero) is 1. The van der Waals surface area contributed by atoms with Crippen LogP contribution in [0.1, 0.15) is 39.0 Å². The second-order valence-electron chi connectivity index (χ2n) is 12.2. The zero-order valence-electron chi connectivity index (χ0n) is 24.6. The molecule has 6 rings (SSSR count). The molecular formula is C30H37Cl2N9O2S. The summed E-state index contributed by atoms with van der Waals surface area (Å²) >= 11 is 14.3. The van der Waals surface area contributed by atoms with Crippen LogP contribution >= 0.6 is 35.0 Å². The van der Waals surface area contributed by atoms with E-state index in [1.807, 2.05) is 13.0 Å². The zero-order chi connectivity index (χ0) is 30.9.